The topological polar surface area (TPSA) is 102 Å². The minimum Gasteiger partial charge on any atom is -0.350 e. The third-order valence-electron chi connectivity index (χ3n) is 3.06. The predicted octanol–water partition coefficient (Wildman–Crippen LogP) is 1.85. The average Bonchev–Trinajstić information content (AvgIpc) is 2.58. The fraction of sp³-hybridized carbons (Fsp3) is 0. The van der Waals surface area contributed by atoms with Crippen LogP contribution in [0.5, 0.6) is 0 Å². The number of hydrazone groups is 1. The number of nitrogens with two attached hydrogens (primary N) is 1. The highest BCUT2D eigenvalue weighted by Crippen LogP contribution is 2.27. The molecule has 0 bridgehead atoms. The number of hydrogen-bond donors (Lipinski definition) is 2. The summed E-state index contributed by atoms with van der Waals surface area (Å²) >= 11 is 1.34. The maximum atomic E-state index is 12.7. The number of fused-ring (bicyclic) bond motifs is 1. The fourth-order valence-electron chi connectivity index (χ4n) is 2.03. The summed E-state index contributed by atoms with van der Waals surface area (Å²) in [6.07, 6.45) is 2.88. The summed E-state index contributed by atoms with van der Waals surface area (Å²) in [5.41, 5.74) is 7.57. The van der Waals surface area contributed by atoms with E-state index >= 15 is 0 Å². The van der Waals surface area contributed by atoms with E-state index in [1.54, 1.807) is 24.4 Å². The molecule has 2 aromatic heterocycles. The molecule has 0 saturated heterocycles. The van der Waals surface area contributed by atoms with E-state index in [1.807, 2.05) is 30.3 Å². The Kier molecular flexibility index (Phi) is 4.57. The Labute approximate surface area is 141 Å². The molecule has 0 spiro atoms. The number of carbonyl (C=O) groups is 1. The highest BCUT2D eigenvalue weighted by Gasteiger charge is 2.12. The number of amides is 2. The number of rotatable bonds is 4. The zero-order chi connectivity index (χ0) is 16.9. The molecule has 0 atom stereocenters. The van der Waals surface area contributed by atoms with Gasteiger partial charge in [0.25, 0.3) is 5.56 Å². The summed E-state index contributed by atoms with van der Waals surface area (Å²) in [6, 6.07) is 14.0. The van der Waals surface area contributed by atoms with Crippen molar-refractivity contribution in [1.29, 1.82) is 0 Å². The van der Waals surface area contributed by atoms with Gasteiger partial charge in [0.1, 0.15) is 10.7 Å². The van der Waals surface area contributed by atoms with Crippen LogP contribution in [0.2, 0.25) is 0 Å². The first kappa shape index (κ1) is 15.8. The number of urea groups is 1. The molecule has 0 fully saturated rings. The summed E-state index contributed by atoms with van der Waals surface area (Å²) in [5, 5.41) is 4.19. The van der Waals surface area contributed by atoms with Gasteiger partial charge >= 0.3 is 6.03 Å². The lowest BCUT2D eigenvalue weighted by Crippen LogP contribution is -2.26. The van der Waals surface area contributed by atoms with Crippen LogP contribution in [-0.4, -0.2) is 21.6 Å². The van der Waals surface area contributed by atoms with Crippen molar-refractivity contribution < 1.29 is 4.79 Å². The molecule has 3 aromatic rings. The van der Waals surface area contributed by atoms with Crippen molar-refractivity contribution >= 4 is 29.7 Å². The molecular weight excluding hydrogens is 326 g/mol. The van der Waals surface area contributed by atoms with Gasteiger partial charge in [0.15, 0.2) is 0 Å². The van der Waals surface area contributed by atoms with E-state index in [4.69, 9.17) is 5.73 Å². The highest BCUT2D eigenvalue weighted by molar-refractivity contribution is 7.99. The highest BCUT2D eigenvalue weighted by atomic mass is 32.2. The SMILES string of the molecule is NC(=O)N/N=C\c1c(Sc2ccccc2)nc2ccccn2c1=O. The second-order valence-corrected chi connectivity index (χ2v) is 5.78. The Morgan fingerprint density at radius 1 is 1.21 bits per heavy atom. The van der Waals surface area contributed by atoms with Crippen LogP contribution < -0.4 is 16.7 Å². The number of aromatic nitrogens is 2. The molecule has 2 amide bonds. The summed E-state index contributed by atoms with van der Waals surface area (Å²) in [6.45, 7) is 0. The van der Waals surface area contributed by atoms with Crippen LogP contribution >= 0.6 is 11.8 Å². The van der Waals surface area contributed by atoms with Gasteiger partial charge in [-0.2, -0.15) is 5.10 Å². The molecule has 3 N–H and O–H groups in total. The number of benzene rings is 1. The molecule has 8 heteroatoms. The van der Waals surface area contributed by atoms with Gasteiger partial charge in [0, 0.05) is 11.1 Å². The first-order valence-electron chi connectivity index (χ1n) is 6.98. The monoisotopic (exact) mass is 339 g/mol. The molecule has 0 saturated carbocycles. The van der Waals surface area contributed by atoms with Crippen molar-refractivity contribution in [3.8, 4) is 0 Å². The quantitative estimate of drug-likeness (QED) is 0.430. The maximum absolute atomic E-state index is 12.7. The van der Waals surface area contributed by atoms with Gasteiger partial charge in [-0.15, -0.1) is 0 Å². The van der Waals surface area contributed by atoms with Gasteiger partial charge < -0.3 is 5.73 Å². The average molecular weight is 339 g/mol. The number of nitrogens with zero attached hydrogens (tertiary/aromatic N) is 3. The summed E-state index contributed by atoms with van der Waals surface area (Å²) < 4.78 is 1.42. The standard InChI is InChI=1S/C16H13N5O2S/c17-16(23)20-18-10-12-14(24-11-6-2-1-3-7-11)19-13-8-4-5-9-21(13)15(12)22/h1-10H,(H3,17,20,23)/b18-10-. The molecular formula is C16H13N5O2S. The molecule has 1 aromatic carbocycles. The second kappa shape index (κ2) is 6.97. The smallest absolute Gasteiger partial charge is 0.332 e. The minimum absolute atomic E-state index is 0.265. The van der Waals surface area contributed by atoms with E-state index in [0.717, 1.165) is 4.90 Å². The van der Waals surface area contributed by atoms with E-state index in [1.165, 1.54) is 22.4 Å². The Morgan fingerprint density at radius 2 is 1.96 bits per heavy atom. The molecule has 7 nitrogen and oxygen atoms in total. The van der Waals surface area contributed by atoms with Crippen molar-refractivity contribution in [2.75, 3.05) is 0 Å². The van der Waals surface area contributed by atoms with Crippen LogP contribution in [0.25, 0.3) is 5.65 Å². The van der Waals surface area contributed by atoms with Gasteiger partial charge in [0.2, 0.25) is 0 Å². The minimum atomic E-state index is -0.808. The summed E-state index contributed by atoms with van der Waals surface area (Å²) in [5.74, 6) is 0. The van der Waals surface area contributed by atoms with Crippen molar-refractivity contribution in [3.63, 3.8) is 0 Å². The number of pyridine rings is 1. The third-order valence-corrected chi connectivity index (χ3v) is 4.07. The van der Waals surface area contributed by atoms with Crippen molar-refractivity contribution in [2.45, 2.75) is 9.92 Å². The van der Waals surface area contributed by atoms with E-state index in [2.05, 4.69) is 15.5 Å². The van der Waals surface area contributed by atoms with Gasteiger partial charge in [-0.3, -0.25) is 9.20 Å². The van der Waals surface area contributed by atoms with Crippen molar-refractivity contribution in [2.24, 2.45) is 10.8 Å². The first-order valence-corrected chi connectivity index (χ1v) is 7.79. The number of nitrogens with one attached hydrogen (secondary N) is 1. The summed E-state index contributed by atoms with van der Waals surface area (Å²) in [4.78, 5) is 28.9. The van der Waals surface area contributed by atoms with E-state index < -0.39 is 6.03 Å². The number of primary amides is 1. The van der Waals surface area contributed by atoms with Crippen molar-refractivity contribution in [1.82, 2.24) is 14.8 Å². The number of carbonyl (C=O) groups excluding carboxylic acids is 1. The molecule has 0 aliphatic heterocycles. The molecule has 120 valence electrons. The zero-order valence-electron chi connectivity index (χ0n) is 12.4. The van der Waals surface area contributed by atoms with E-state index in [0.29, 0.717) is 10.7 Å². The van der Waals surface area contributed by atoms with Crippen LogP contribution in [0.4, 0.5) is 4.79 Å². The van der Waals surface area contributed by atoms with Crippen LogP contribution in [0.1, 0.15) is 5.56 Å². The largest absolute Gasteiger partial charge is 0.350 e. The van der Waals surface area contributed by atoms with Crippen LogP contribution in [0.3, 0.4) is 0 Å². The van der Waals surface area contributed by atoms with Gasteiger partial charge in [0.05, 0.1) is 11.8 Å². The Balaban J connectivity index is 2.12. The first-order chi connectivity index (χ1) is 11.6. The molecule has 0 unspecified atom stereocenters. The van der Waals surface area contributed by atoms with Gasteiger partial charge in [-0.05, 0) is 24.3 Å². The molecule has 0 aliphatic carbocycles. The van der Waals surface area contributed by atoms with Crippen molar-refractivity contribution in [3.05, 3.63) is 70.6 Å². The lowest BCUT2D eigenvalue weighted by Gasteiger charge is -2.07. The normalized spacial score (nSPS) is 11.0. The molecule has 24 heavy (non-hydrogen) atoms. The van der Waals surface area contributed by atoms with Gasteiger partial charge in [-0.1, -0.05) is 36.0 Å². The van der Waals surface area contributed by atoms with Gasteiger partial charge in [-0.25, -0.2) is 15.2 Å². The zero-order valence-corrected chi connectivity index (χ0v) is 13.2. The Morgan fingerprint density at radius 3 is 2.71 bits per heavy atom. The summed E-state index contributed by atoms with van der Waals surface area (Å²) in [7, 11) is 0. The van der Waals surface area contributed by atoms with Crippen LogP contribution in [0, 0.1) is 0 Å². The molecule has 2 heterocycles. The van der Waals surface area contributed by atoms with E-state index in [9.17, 15) is 9.59 Å². The second-order valence-electron chi connectivity index (χ2n) is 4.71. The Bertz CT molecular complexity index is 969. The lowest BCUT2D eigenvalue weighted by molar-refractivity contribution is 0.249. The molecule has 0 aliphatic rings. The molecule has 0 radical (unpaired) electrons. The maximum Gasteiger partial charge on any atom is 0.332 e. The van der Waals surface area contributed by atoms with E-state index in [-0.39, 0.29) is 11.1 Å². The van der Waals surface area contributed by atoms with Crippen LogP contribution in [0.15, 0.2) is 74.5 Å². The Hall–Kier alpha value is -3.13. The third kappa shape index (κ3) is 3.44. The fourth-order valence-corrected chi connectivity index (χ4v) is 2.94. The lowest BCUT2D eigenvalue weighted by atomic mass is 10.3. The number of hydrogen-bond acceptors (Lipinski definition) is 5. The predicted molar refractivity (Wildman–Crippen MR) is 92.3 cm³/mol. The molecule has 3 rings (SSSR count). The van der Waals surface area contributed by atoms with Crippen LogP contribution in [-0.2, 0) is 0 Å².